The van der Waals surface area contributed by atoms with Gasteiger partial charge in [-0.3, -0.25) is 4.79 Å². The van der Waals surface area contributed by atoms with Crippen molar-refractivity contribution < 1.29 is 17.9 Å². The van der Waals surface area contributed by atoms with E-state index in [0.29, 0.717) is 10.9 Å². The Morgan fingerprint density at radius 2 is 1.76 bits per heavy atom. The van der Waals surface area contributed by atoms with Crippen LogP contribution in [0.1, 0.15) is 0 Å². The molecule has 146 valence electrons. The second-order valence-corrected chi connectivity index (χ2v) is 6.16. The van der Waals surface area contributed by atoms with Crippen molar-refractivity contribution in [2.75, 3.05) is 6.61 Å². The van der Waals surface area contributed by atoms with Crippen molar-refractivity contribution in [2.45, 2.75) is 6.18 Å². The maximum absolute atomic E-state index is 12.5. The number of fused-ring (bicyclic) bond motifs is 1. The van der Waals surface area contributed by atoms with E-state index in [9.17, 15) is 18.0 Å². The standard InChI is InChI=1S/C20H13F3N4O2/c21-20(22,23)11-29-17-10-24-16(9-25-17)18-26-15-7-6-13(8-14(15)19(28)27-18)12-4-2-1-3-5-12/h1-10H,11H2,(H,26,27,28). The van der Waals surface area contributed by atoms with E-state index in [4.69, 9.17) is 0 Å². The van der Waals surface area contributed by atoms with Crippen molar-refractivity contribution in [3.8, 4) is 28.5 Å². The van der Waals surface area contributed by atoms with E-state index in [-0.39, 0.29) is 23.0 Å². The Bertz CT molecular complexity index is 1210. The van der Waals surface area contributed by atoms with Gasteiger partial charge in [-0.1, -0.05) is 36.4 Å². The van der Waals surface area contributed by atoms with Crippen molar-refractivity contribution in [1.29, 1.82) is 0 Å². The van der Waals surface area contributed by atoms with E-state index in [2.05, 4.69) is 24.7 Å². The Kier molecular flexibility index (Phi) is 4.71. The fourth-order valence-corrected chi connectivity index (χ4v) is 2.74. The van der Waals surface area contributed by atoms with Gasteiger partial charge in [-0.05, 0) is 23.3 Å². The zero-order chi connectivity index (χ0) is 20.4. The third-order valence-corrected chi connectivity index (χ3v) is 4.07. The van der Waals surface area contributed by atoms with Crippen LogP contribution in [0.25, 0.3) is 33.5 Å². The molecule has 29 heavy (non-hydrogen) atoms. The average Bonchev–Trinajstić information content (AvgIpc) is 2.72. The predicted molar refractivity (Wildman–Crippen MR) is 100 cm³/mol. The normalized spacial score (nSPS) is 11.6. The molecule has 0 saturated carbocycles. The van der Waals surface area contributed by atoms with Gasteiger partial charge in [-0.15, -0.1) is 0 Å². The van der Waals surface area contributed by atoms with Gasteiger partial charge in [0.25, 0.3) is 5.56 Å². The number of hydrogen-bond donors (Lipinski definition) is 1. The third kappa shape index (κ3) is 4.23. The lowest BCUT2D eigenvalue weighted by Gasteiger charge is -2.08. The number of aromatic nitrogens is 4. The van der Waals surface area contributed by atoms with E-state index in [1.54, 1.807) is 12.1 Å². The summed E-state index contributed by atoms with van der Waals surface area (Å²) >= 11 is 0. The van der Waals surface area contributed by atoms with Crippen LogP contribution in [-0.2, 0) is 0 Å². The number of nitrogens with zero attached hydrogens (tertiary/aromatic N) is 3. The molecule has 0 amide bonds. The van der Waals surface area contributed by atoms with Crippen molar-refractivity contribution in [3.05, 3.63) is 71.3 Å². The van der Waals surface area contributed by atoms with Gasteiger partial charge in [-0.2, -0.15) is 13.2 Å². The van der Waals surface area contributed by atoms with Gasteiger partial charge >= 0.3 is 6.18 Å². The Morgan fingerprint density at radius 3 is 2.45 bits per heavy atom. The molecule has 6 nitrogen and oxygen atoms in total. The third-order valence-electron chi connectivity index (χ3n) is 4.07. The minimum atomic E-state index is -4.47. The van der Waals surface area contributed by atoms with Crippen LogP contribution in [0.2, 0.25) is 0 Å². The number of benzene rings is 2. The summed E-state index contributed by atoms with van der Waals surface area (Å²) in [6.45, 7) is -1.46. The molecular formula is C20H13F3N4O2. The first kappa shape index (κ1) is 18.6. The lowest BCUT2D eigenvalue weighted by atomic mass is 10.0. The molecule has 4 rings (SSSR count). The van der Waals surface area contributed by atoms with Crippen LogP contribution in [0.4, 0.5) is 13.2 Å². The van der Waals surface area contributed by atoms with E-state index in [0.717, 1.165) is 17.3 Å². The zero-order valence-corrected chi connectivity index (χ0v) is 14.8. The molecule has 1 N–H and O–H groups in total. The highest BCUT2D eigenvalue weighted by atomic mass is 19.4. The van der Waals surface area contributed by atoms with E-state index in [1.807, 2.05) is 36.4 Å². The van der Waals surface area contributed by atoms with Crippen LogP contribution in [0.5, 0.6) is 5.88 Å². The van der Waals surface area contributed by atoms with Crippen molar-refractivity contribution in [2.24, 2.45) is 0 Å². The molecule has 0 atom stereocenters. The largest absolute Gasteiger partial charge is 0.467 e. The van der Waals surface area contributed by atoms with E-state index < -0.39 is 12.8 Å². The fourth-order valence-electron chi connectivity index (χ4n) is 2.74. The van der Waals surface area contributed by atoms with Crippen molar-refractivity contribution in [3.63, 3.8) is 0 Å². The molecule has 0 aliphatic carbocycles. The first-order valence-corrected chi connectivity index (χ1v) is 8.50. The van der Waals surface area contributed by atoms with Crippen molar-refractivity contribution in [1.82, 2.24) is 19.9 Å². The van der Waals surface area contributed by atoms with Crippen LogP contribution in [0, 0.1) is 0 Å². The summed E-state index contributed by atoms with van der Waals surface area (Å²) in [6.07, 6.45) is -2.23. The summed E-state index contributed by atoms with van der Waals surface area (Å²) in [4.78, 5) is 27.3. The number of hydrogen-bond acceptors (Lipinski definition) is 5. The lowest BCUT2D eigenvalue weighted by Crippen LogP contribution is -2.19. The highest BCUT2D eigenvalue weighted by molar-refractivity contribution is 5.84. The molecule has 0 radical (unpaired) electrons. The smallest absolute Gasteiger partial charge is 0.422 e. The molecule has 2 aromatic carbocycles. The number of nitrogens with one attached hydrogen (secondary N) is 1. The predicted octanol–water partition coefficient (Wildman–Crippen LogP) is 3.99. The quantitative estimate of drug-likeness (QED) is 0.562. The van der Waals surface area contributed by atoms with E-state index in [1.165, 1.54) is 6.20 Å². The van der Waals surface area contributed by atoms with Crippen LogP contribution >= 0.6 is 0 Å². The van der Waals surface area contributed by atoms with E-state index >= 15 is 0 Å². The molecule has 0 fully saturated rings. The summed E-state index contributed by atoms with van der Waals surface area (Å²) in [5, 5.41) is 0.410. The highest BCUT2D eigenvalue weighted by Crippen LogP contribution is 2.23. The number of alkyl halides is 3. The maximum atomic E-state index is 12.5. The summed E-state index contributed by atoms with van der Waals surface area (Å²) in [5.41, 5.74) is 2.15. The Morgan fingerprint density at radius 1 is 0.966 bits per heavy atom. The van der Waals surface area contributed by atoms with Gasteiger partial charge in [0, 0.05) is 0 Å². The molecule has 0 aliphatic rings. The Balaban J connectivity index is 1.64. The number of aromatic amines is 1. The van der Waals surface area contributed by atoms with Crippen molar-refractivity contribution >= 4 is 10.9 Å². The SMILES string of the molecule is O=c1[nH]c(-c2cnc(OCC(F)(F)F)cn2)nc2ccc(-c3ccccc3)cc12. The van der Waals surface area contributed by atoms with Gasteiger partial charge < -0.3 is 9.72 Å². The summed E-state index contributed by atoms with van der Waals surface area (Å²) in [6, 6.07) is 14.9. The first-order chi connectivity index (χ1) is 13.9. The number of H-pyrrole nitrogens is 1. The van der Waals surface area contributed by atoms with Gasteiger partial charge in [0.15, 0.2) is 12.4 Å². The first-order valence-electron chi connectivity index (χ1n) is 8.50. The summed E-state index contributed by atoms with van der Waals surface area (Å²) in [5.74, 6) is -0.119. The summed E-state index contributed by atoms with van der Waals surface area (Å²) in [7, 11) is 0. The Hall–Kier alpha value is -3.75. The van der Waals surface area contributed by atoms with Crippen LogP contribution in [0.15, 0.2) is 65.7 Å². The fraction of sp³-hybridized carbons (Fsp3) is 0.100. The number of rotatable bonds is 4. The lowest BCUT2D eigenvalue weighted by molar-refractivity contribution is -0.154. The van der Waals surface area contributed by atoms with Gasteiger partial charge in [0.05, 0.1) is 23.3 Å². The minimum Gasteiger partial charge on any atom is -0.467 e. The van der Waals surface area contributed by atoms with Gasteiger partial charge in [0.2, 0.25) is 5.88 Å². The Labute approximate surface area is 162 Å². The average molecular weight is 398 g/mol. The molecular weight excluding hydrogens is 385 g/mol. The molecule has 2 aromatic heterocycles. The van der Waals surface area contributed by atoms with Crippen LogP contribution in [0.3, 0.4) is 0 Å². The monoisotopic (exact) mass is 398 g/mol. The molecule has 0 spiro atoms. The number of halogens is 3. The molecule has 0 unspecified atom stereocenters. The van der Waals surface area contributed by atoms with Crippen LogP contribution in [-0.4, -0.2) is 32.7 Å². The minimum absolute atomic E-state index is 0.157. The molecule has 4 aromatic rings. The zero-order valence-electron chi connectivity index (χ0n) is 14.8. The number of ether oxygens (including phenoxy) is 1. The second kappa shape index (κ2) is 7.34. The second-order valence-electron chi connectivity index (χ2n) is 6.16. The maximum Gasteiger partial charge on any atom is 0.422 e. The van der Waals surface area contributed by atoms with Crippen LogP contribution < -0.4 is 10.3 Å². The molecule has 0 bridgehead atoms. The topological polar surface area (TPSA) is 80.8 Å². The molecule has 0 saturated heterocycles. The summed E-state index contributed by atoms with van der Waals surface area (Å²) < 4.78 is 41.1. The molecule has 9 heteroatoms. The molecule has 2 heterocycles. The van der Waals surface area contributed by atoms with Gasteiger partial charge in [-0.25, -0.2) is 15.0 Å². The molecule has 0 aliphatic heterocycles. The van der Waals surface area contributed by atoms with Gasteiger partial charge in [0.1, 0.15) is 5.69 Å². The highest BCUT2D eigenvalue weighted by Gasteiger charge is 2.28.